The maximum absolute atomic E-state index is 8.55. The molecule has 0 saturated heterocycles. The molecule has 0 radical (unpaired) electrons. The molecule has 0 saturated carbocycles. The van der Waals surface area contributed by atoms with Crippen molar-refractivity contribution in [3.63, 3.8) is 0 Å². The summed E-state index contributed by atoms with van der Waals surface area (Å²) >= 11 is 5.66. The maximum Gasteiger partial charge on any atom is 0.154 e. The van der Waals surface area contributed by atoms with Crippen LogP contribution in [0.15, 0.2) is 36.5 Å². The third kappa shape index (κ3) is 2.23. The highest BCUT2D eigenvalue weighted by molar-refractivity contribution is 6.22. The number of nitrogens with zero attached hydrogens (tertiary/aromatic N) is 2. The molecule has 0 spiro atoms. The standard InChI is InChI=1S/C12H9ClN2O/c13-9(7-14)8-16-12-5-1-4-11-10(12)3-2-6-15-11/h1-6,9H,8H2. The fourth-order valence-corrected chi connectivity index (χ4v) is 1.46. The molecule has 16 heavy (non-hydrogen) atoms. The van der Waals surface area contributed by atoms with Gasteiger partial charge in [0.05, 0.1) is 11.6 Å². The fourth-order valence-electron chi connectivity index (χ4n) is 1.40. The molecule has 0 aliphatic carbocycles. The zero-order valence-electron chi connectivity index (χ0n) is 8.43. The molecule has 0 bridgehead atoms. The predicted octanol–water partition coefficient (Wildman–Crippen LogP) is 2.74. The first kappa shape index (κ1) is 10.7. The van der Waals surface area contributed by atoms with Crippen molar-refractivity contribution in [3.8, 4) is 11.8 Å². The number of fused-ring (bicyclic) bond motifs is 1. The van der Waals surface area contributed by atoms with Crippen molar-refractivity contribution in [2.75, 3.05) is 6.61 Å². The Kier molecular flexibility index (Phi) is 3.23. The lowest BCUT2D eigenvalue weighted by molar-refractivity contribution is 0.333. The van der Waals surface area contributed by atoms with Gasteiger partial charge < -0.3 is 4.74 Å². The van der Waals surface area contributed by atoms with Crippen molar-refractivity contribution < 1.29 is 4.74 Å². The molecule has 0 aliphatic rings. The topological polar surface area (TPSA) is 45.9 Å². The number of alkyl halides is 1. The van der Waals surface area contributed by atoms with Gasteiger partial charge in [-0.3, -0.25) is 4.98 Å². The van der Waals surface area contributed by atoms with Gasteiger partial charge in [0, 0.05) is 11.6 Å². The minimum atomic E-state index is -0.632. The molecule has 2 rings (SSSR count). The van der Waals surface area contributed by atoms with E-state index in [-0.39, 0.29) is 6.61 Å². The third-order valence-electron chi connectivity index (χ3n) is 2.13. The normalized spacial score (nSPS) is 12.0. The van der Waals surface area contributed by atoms with Gasteiger partial charge in [-0.15, -0.1) is 11.6 Å². The molecular formula is C12H9ClN2O. The van der Waals surface area contributed by atoms with Crippen molar-refractivity contribution in [1.82, 2.24) is 4.98 Å². The minimum absolute atomic E-state index is 0.173. The number of hydrogen-bond acceptors (Lipinski definition) is 3. The van der Waals surface area contributed by atoms with E-state index in [1.807, 2.05) is 36.4 Å². The lowest BCUT2D eigenvalue weighted by atomic mass is 10.2. The first-order chi connectivity index (χ1) is 7.81. The summed E-state index contributed by atoms with van der Waals surface area (Å²) in [7, 11) is 0. The second kappa shape index (κ2) is 4.82. The number of hydrogen-bond donors (Lipinski definition) is 0. The third-order valence-corrected chi connectivity index (χ3v) is 2.35. The van der Waals surface area contributed by atoms with E-state index in [9.17, 15) is 0 Å². The van der Waals surface area contributed by atoms with Gasteiger partial charge in [0.2, 0.25) is 0 Å². The van der Waals surface area contributed by atoms with Crippen molar-refractivity contribution >= 4 is 22.5 Å². The van der Waals surface area contributed by atoms with Crippen LogP contribution in [0.1, 0.15) is 0 Å². The maximum atomic E-state index is 8.55. The van der Waals surface area contributed by atoms with Crippen LogP contribution >= 0.6 is 11.6 Å². The second-order valence-corrected chi connectivity index (χ2v) is 3.76. The van der Waals surface area contributed by atoms with E-state index in [2.05, 4.69) is 4.98 Å². The van der Waals surface area contributed by atoms with Gasteiger partial charge in [-0.1, -0.05) is 6.07 Å². The van der Waals surface area contributed by atoms with Crippen molar-refractivity contribution in [3.05, 3.63) is 36.5 Å². The molecule has 1 aromatic heterocycles. The molecule has 0 fully saturated rings. The Bertz CT molecular complexity index is 531. The molecule has 80 valence electrons. The smallest absolute Gasteiger partial charge is 0.154 e. The number of ether oxygens (including phenoxy) is 1. The Balaban J connectivity index is 2.28. The van der Waals surface area contributed by atoms with Crippen LogP contribution in [0, 0.1) is 11.3 Å². The number of rotatable bonds is 3. The first-order valence-corrected chi connectivity index (χ1v) is 5.25. The van der Waals surface area contributed by atoms with Gasteiger partial charge in [0.15, 0.2) is 5.38 Å². The van der Waals surface area contributed by atoms with Crippen molar-refractivity contribution in [2.45, 2.75) is 5.38 Å². The molecule has 1 heterocycles. The van der Waals surface area contributed by atoms with Gasteiger partial charge >= 0.3 is 0 Å². The Morgan fingerprint density at radius 2 is 2.25 bits per heavy atom. The SMILES string of the molecule is N#CC(Cl)COc1cccc2ncccc12. The van der Waals surface area contributed by atoms with Gasteiger partial charge in [-0.25, -0.2) is 0 Å². The summed E-state index contributed by atoms with van der Waals surface area (Å²) in [5, 5.41) is 8.84. The zero-order chi connectivity index (χ0) is 11.4. The Hall–Kier alpha value is -1.79. The van der Waals surface area contributed by atoms with Crippen LogP contribution in [0.25, 0.3) is 10.9 Å². The van der Waals surface area contributed by atoms with Crippen LogP contribution in [0.2, 0.25) is 0 Å². The van der Waals surface area contributed by atoms with Crippen LogP contribution < -0.4 is 4.74 Å². The van der Waals surface area contributed by atoms with Crippen molar-refractivity contribution in [1.29, 1.82) is 5.26 Å². The molecular weight excluding hydrogens is 224 g/mol. The number of pyridine rings is 1. The van der Waals surface area contributed by atoms with E-state index in [0.717, 1.165) is 10.9 Å². The summed E-state index contributed by atoms with van der Waals surface area (Å²) in [6.07, 6.45) is 1.73. The largest absolute Gasteiger partial charge is 0.490 e. The summed E-state index contributed by atoms with van der Waals surface area (Å²) < 4.78 is 5.48. The zero-order valence-corrected chi connectivity index (χ0v) is 9.19. The van der Waals surface area contributed by atoms with Gasteiger partial charge in [0.25, 0.3) is 0 Å². The summed E-state index contributed by atoms with van der Waals surface area (Å²) in [6.45, 7) is 0.173. The molecule has 4 heteroatoms. The van der Waals surface area contributed by atoms with E-state index in [0.29, 0.717) is 5.75 Å². The molecule has 0 N–H and O–H groups in total. The van der Waals surface area contributed by atoms with Crippen LogP contribution in [0.4, 0.5) is 0 Å². The molecule has 0 aliphatic heterocycles. The average Bonchev–Trinajstić information content (AvgIpc) is 2.35. The molecule has 3 nitrogen and oxygen atoms in total. The van der Waals surface area contributed by atoms with E-state index in [4.69, 9.17) is 21.6 Å². The van der Waals surface area contributed by atoms with Crippen LogP contribution in [0.3, 0.4) is 0 Å². The van der Waals surface area contributed by atoms with Crippen LogP contribution in [-0.2, 0) is 0 Å². The van der Waals surface area contributed by atoms with E-state index in [1.54, 1.807) is 6.20 Å². The average molecular weight is 233 g/mol. The summed E-state index contributed by atoms with van der Waals surface area (Å²) in [6, 6.07) is 11.3. The quantitative estimate of drug-likeness (QED) is 0.765. The van der Waals surface area contributed by atoms with E-state index in [1.165, 1.54) is 0 Å². The molecule has 1 aromatic carbocycles. The number of halogens is 1. The first-order valence-electron chi connectivity index (χ1n) is 4.81. The number of aromatic nitrogens is 1. The number of nitriles is 1. The van der Waals surface area contributed by atoms with E-state index >= 15 is 0 Å². The molecule has 1 unspecified atom stereocenters. The van der Waals surface area contributed by atoms with Crippen LogP contribution in [0.5, 0.6) is 5.75 Å². The predicted molar refractivity (Wildman–Crippen MR) is 62.5 cm³/mol. The van der Waals surface area contributed by atoms with Gasteiger partial charge in [0.1, 0.15) is 12.4 Å². The lowest BCUT2D eigenvalue weighted by Crippen LogP contribution is -2.09. The summed E-state index contributed by atoms with van der Waals surface area (Å²) in [5.41, 5.74) is 0.864. The lowest BCUT2D eigenvalue weighted by Gasteiger charge is -2.08. The summed E-state index contributed by atoms with van der Waals surface area (Å²) in [5.74, 6) is 0.700. The summed E-state index contributed by atoms with van der Waals surface area (Å²) in [4.78, 5) is 4.21. The van der Waals surface area contributed by atoms with Gasteiger partial charge in [-0.05, 0) is 24.3 Å². The van der Waals surface area contributed by atoms with Crippen LogP contribution in [-0.4, -0.2) is 17.0 Å². The Morgan fingerprint density at radius 1 is 1.38 bits per heavy atom. The molecule has 1 atom stereocenters. The Labute approximate surface area is 98.2 Å². The van der Waals surface area contributed by atoms with E-state index < -0.39 is 5.38 Å². The monoisotopic (exact) mass is 232 g/mol. The molecule has 0 amide bonds. The van der Waals surface area contributed by atoms with Crippen molar-refractivity contribution in [2.24, 2.45) is 0 Å². The van der Waals surface area contributed by atoms with Gasteiger partial charge in [-0.2, -0.15) is 5.26 Å². The minimum Gasteiger partial charge on any atom is -0.490 e. The fraction of sp³-hybridized carbons (Fsp3) is 0.167. The highest BCUT2D eigenvalue weighted by Crippen LogP contribution is 2.23. The number of benzene rings is 1. The molecule has 2 aromatic rings. The Morgan fingerprint density at radius 3 is 3.06 bits per heavy atom. The highest BCUT2D eigenvalue weighted by atomic mass is 35.5. The highest BCUT2D eigenvalue weighted by Gasteiger charge is 2.06. The second-order valence-electron chi connectivity index (χ2n) is 3.23.